The van der Waals surface area contributed by atoms with Crippen molar-refractivity contribution < 1.29 is 19.1 Å². The molecule has 7 aromatic rings. The summed E-state index contributed by atoms with van der Waals surface area (Å²) in [6.07, 6.45) is 0.353. The summed E-state index contributed by atoms with van der Waals surface area (Å²) in [5, 5.41) is 24.6. The van der Waals surface area contributed by atoms with E-state index < -0.39 is 18.1 Å². The van der Waals surface area contributed by atoms with E-state index >= 15 is 4.79 Å². The highest BCUT2D eigenvalue weighted by atomic mass is 32.2. The van der Waals surface area contributed by atoms with Crippen molar-refractivity contribution in [3.63, 3.8) is 0 Å². The second kappa shape index (κ2) is 19.6. The van der Waals surface area contributed by atoms with Crippen LogP contribution in [0.15, 0.2) is 144 Å². The van der Waals surface area contributed by atoms with Crippen molar-refractivity contribution in [2.45, 2.75) is 115 Å². The lowest BCUT2D eigenvalue weighted by Crippen LogP contribution is -2.38. The van der Waals surface area contributed by atoms with Gasteiger partial charge in [0.05, 0.1) is 17.1 Å². The van der Waals surface area contributed by atoms with E-state index in [4.69, 9.17) is 14.6 Å². The van der Waals surface area contributed by atoms with Gasteiger partial charge in [0.25, 0.3) is 11.8 Å². The summed E-state index contributed by atoms with van der Waals surface area (Å²) >= 11 is 1.49. The molecule has 0 bridgehead atoms. The van der Waals surface area contributed by atoms with E-state index in [1.807, 2.05) is 117 Å². The summed E-state index contributed by atoms with van der Waals surface area (Å²) in [6.45, 7) is 19.3. The Kier molecular flexibility index (Phi) is 13.7. The van der Waals surface area contributed by atoms with E-state index in [1.165, 1.54) is 22.3 Å². The van der Waals surface area contributed by atoms with Gasteiger partial charge in [-0.05, 0) is 113 Å². The third-order valence-corrected chi connectivity index (χ3v) is 14.2. The number of hydrogen-bond acceptors (Lipinski definition) is 9. The number of carbonyl (C=O) groups is 2. The van der Waals surface area contributed by atoms with Gasteiger partial charge in [-0.2, -0.15) is 14.8 Å². The number of aromatic nitrogens is 4. The van der Waals surface area contributed by atoms with Gasteiger partial charge in [0.2, 0.25) is 11.3 Å². The monoisotopic (exact) mass is 913 g/mol. The van der Waals surface area contributed by atoms with Crippen molar-refractivity contribution in [1.82, 2.24) is 20.2 Å². The van der Waals surface area contributed by atoms with Crippen LogP contribution in [0.1, 0.15) is 108 Å². The molecule has 1 aliphatic rings. The zero-order valence-electron chi connectivity index (χ0n) is 39.8. The highest BCUT2D eigenvalue weighted by Gasteiger charge is 2.41. The number of aryl methyl sites for hydroxylation is 1. The SMILES string of the molecule is CCC(Oc1ccc(C(C)(C)CC)cc1C(C)(C)CC)C(=O)Nc1ccccc1N1N=C(c2ccc3ccccc3c2)C(Oc2ccc(C)cc2C(C)Sc2nnnn2-c2ccccc2)C1=O. The lowest BCUT2D eigenvalue weighted by atomic mass is 9.76. The van der Waals surface area contributed by atoms with Crippen LogP contribution in [-0.4, -0.2) is 49.9 Å². The molecule has 2 heterocycles. The zero-order valence-corrected chi connectivity index (χ0v) is 40.6. The number of nitrogens with one attached hydrogen (secondary N) is 1. The molecule has 0 saturated heterocycles. The fourth-order valence-corrected chi connectivity index (χ4v) is 9.08. The van der Waals surface area contributed by atoms with Crippen LogP contribution >= 0.6 is 11.8 Å². The van der Waals surface area contributed by atoms with Crippen molar-refractivity contribution in [3.8, 4) is 17.2 Å². The van der Waals surface area contributed by atoms with Gasteiger partial charge >= 0.3 is 0 Å². The Morgan fingerprint density at radius 2 is 1.49 bits per heavy atom. The first-order chi connectivity index (χ1) is 32.2. The number of amides is 2. The highest BCUT2D eigenvalue weighted by Crippen LogP contribution is 2.42. The second-order valence-corrected chi connectivity index (χ2v) is 19.7. The molecule has 344 valence electrons. The summed E-state index contributed by atoms with van der Waals surface area (Å²) in [5.41, 5.74) is 6.83. The number of tetrazole rings is 1. The predicted octanol–water partition coefficient (Wildman–Crippen LogP) is 12.3. The number of nitrogens with zero attached hydrogens (tertiary/aromatic N) is 6. The van der Waals surface area contributed by atoms with Crippen LogP contribution in [0.4, 0.5) is 11.4 Å². The maximum atomic E-state index is 15.0. The van der Waals surface area contributed by atoms with Crippen LogP contribution in [0.5, 0.6) is 11.5 Å². The van der Waals surface area contributed by atoms with Gasteiger partial charge in [0.1, 0.15) is 17.2 Å². The van der Waals surface area contributed by atoms with Crippen LogP contribution in [0.2, 0.25) is 0 Å². The van der Waals surface area contributed by atoms with Crippen LogP contribution in [0.3, 0.4) is 0 Å². The number of rotatable bonds is 17. The molecule has 0 saturated carbocycles. The molecule has 1 aliphatic heterocycles. The van der Waals surface area contributed by atoms with Gasteiger partial charge in [-0.1, -0.05) is 157 Å². The number of para-hydroxylation sites is 3. The van der Waals surface area contributed by atoms with Gasteiger partial charge in [0.15, 0.2) is 6.10 Å². The van der Waals surface area contributed by atoms with Gasteiger partial charge in [-0.15, -0.1) is 5.10 Å². The smallest absolute Gasteiger partial charge is 0.294 e. The Hall–Kier alpha value is -6.79. The Balaban J connectivity index is 1.11. The van der Waals surface area contributed by atoms with Crippen LogP contribution < -0.4 is 19.8 Å². The molecule has 67 heavy (non-hydrogen) atoms. The molecule has 0 aliphatic carbocycles. The topological polar surface area (TPSA) is 124 Å². The fourth-order valence-electron chi connectivity index (χ4n) is 8.13. The predicted molar refractivity (Wildman–Crippen MR) is 270 cm³/mol. The number of hydrazone groups is 1. The van der Waals surface area contributed by atoms with Gasteiger partial charge < -0.3 is 14.8 Å². The minimum Gasteiger partial charge on any atom is -0.480 e. The molecule has 12 heteroatoms. The maximum Gasteiger partial charge on any atom is 0.294 e. The largest absolute Gasteiger partial charge is 0.480 e. The van der Waals surface area contributed by atoms with Gasteiger partial charge in [-0.3, -0.25) is 9.59 Å². The molecule has 3 unspecified atom stereocenters. The number of benzene rings is 6. The number of anilines is 2. The number of fused-ring (bicyclic) bond motifs is 1. The van der Waals surface area contributed by atoms with E-state index in [2.05, 4.69) is 87.5 Å². The zero-order chi connectivity index (χ0) is 47.5. The summed E-state index contributed by atoms with van der Waals surface area (Å²) in [4.78, 5) is 29.4. The van der Waals surface area contributed by atoms with E-state index in [0.29, 0.717) is 40.2 Å². The Morgan fingerprint density at radius 1 is 0.791 bits per heavy atom. The Morgan fingerprint density at radius 3 is 2.24 bits per heavy atom. The number of carbonyl (C=O) groups excluding carboxylic acids is 2. The van der Waals surface area contributed by atoms with Crippen LogP contribution in [0, 0.1) is 6.92 Å². The Bertz CT molecular complexity index is 2950. The van der Waals surface area contributed by atoms with E-state index in [0.717, 1.165) is 51.6 Å². The maximum absolute atomic E-state index is 15.0. The summed E-state index contributed by atoms with van der Waals surface area (Å²) in [6, 6.07) is 43.4. The minimum absolute atomic E-state index is 0.0141. The average molecular weight is 914 g/mol. The molecular weight excluding hydrogens is 855 g/mol. The first-order valence-corrected chi connectivity index (χ1v) is 24.0. The molecule has 3 atom stereocenters. The van der Waals surface area contributed by atoms with Crippen LogP contribution in [0.25, 0.3) is 16.5 Å². The van der Waals surface area contributed by atoms with Crippen molar-refractivity contribution in [3.05, 3.63) is 161 Å². The molecule has 0 spiro atoms. The third-order valence-electron chi connectivity index (χ3n) is 13.1. The average Bonchev–Trinajstić information content (AvgIpc) is 3.94. The van der Waals surface area contributed by atoms with Crippen molar-refractivity contribution in [2.75, 3.05) is 10.3 Å². The molecule has 8 rings (SSSR count). The van der Waals surface area contributed by atoms with Gasteiger partial charge in [-0.25, -0.2) is 0 Å². The first-order valence-electron chi connectivity index (χ1n) is 23.1. The quantitative estimate of drug-likeness (QED) is 0.0896. The number of thioether (sulfide) groups is 1. The first kappa shape index (κ1) is 46.7. The molecular formula is C55H59N7O4S. The second-order valence-electron chi connectivity index (χ2n) is 18.4. The fraction of sp³-hybridized carbons (Fsp3) is 0.309. The molecule has 11 nitrogen and oxygen atoms in total. The summed E-state index contributed by atoms with van der Waals surface area (Å²) in [5.74, 6) is 0.476. The standard InChI is InChI=1S/C55H59N7O4S/c1-10-46(65-48-31-29-40(54(6,7)11-2)34-43(48)55(8,9)12-3)51(63)56-44-24-18-19-25-45(44)62-52(64)50(49(58-62)39-28-27-37-20-16-17-21-38(37)33-39)66-47-30-26-35(4)32-42(47)36(5)67-53-57-59-60-61(53)41-22-14-13-15-23-41/h13-34,36,46,50H,10-12H2,1-9H3,(H,56,63). The lowest BCUT2D eigenvalue weighted by molar-refractivity contribution is -0.123. The molecule has 1 aromatic heterocycles. The van der Waals surface area contributed by atoms with E-state index in [1.54, 1.807) is 16.8 Å². The lowest BCUT2D eigenvalue weighted by Gasteiger charge is -2.31. The molecule has 6 aromatic carbocycles. The summed E-state index contributed by atoms with van der Waals surface area (Å²) < 4.78 is 15.2. The molecule has 1 N–H and O–H groups in total. The third kappa shape index (κ3) is 9.86. The summed E-state index contributed by atoms with van der Waals surface area (Å²) in [7, 11) is 0. The molecule has 0 radical (unpaired) electrons. The van der Waals surface area contributed by atoms with Crippen molar-refractivity contribution in [1.29, 1.82) is 0 Å². The number of ether oxygens (including phenoxy) is 2. The van der Waals surface area contributed by atoms with E-state index in [-0.39, 0.29) is 22.0 Å². The van der Waals surface area contributed by atoms with Crippen molar-refractivity contribution >= 4 is 51.4 Å². The van der Waals surface area contributed by atoms with E-state index in [9.17, 15) is 4.79 Å². The van der Waals surface area contributed by atoms with Crippen LogP contribution in [-0.2, 0) is 20.4 Å². The number of hydrogen-bond donors (Lipinski definition) is 1. The van der Waals surface area contributed by atoms with Gasteiger partial charge in [0, 0.05) is 21.9 Å². The molecule has 2 amide bonds. The normalized spacial score (nSPS) is 15.1. The van der Waals surface area contributed by atoms with Crippen molar-refractivity contribution in [2.24, 2.45) is 5.10 Å². The minimum atomic E-state index is -1.13. The Labute approximate surface area is 398 Å². The molecule has 0 fully saturated rings. The highest BCUT2D eigenvalue weighted by molar-refractivity contribution is 7.99.